The molecule has 10 atom stereocenters. The largest absolute Gasteiger partial charge is 0.389 e. The molecule has 2 bridgehead atoms. The molecule has 0 amide bonds. The van der Waals surface area contributed by atoms with E-state index in [1.807, 2.05) is 6.92 Å². The number of aliphatic hydroxyl groups is 1. The molecule has 1 spiro atoms. The van der Waals surface area contributed by atoms with Crippen LogP contribution in [0.25, 0.3) is 0 Å². The second-order valence-corrected chi connectivity index (χ2v) is 9.03. The molecule has 26 heavy (non-hydrogen) atoms. The number of nitrogens with two attached hydrogens (primary N) is 1. The summed E-state index contributed by atoms with van der Waals surface area (Å²) in [5.41, 5.74) is 5.17. The number of hydrogen-bond donors (Lipinski definition) is 2. The van der Waals surface area contributed by atoms with Gasteiger partial charge in [-0.1, -0.05) is 13.8 Å². The zero-order valence-corrected chi connectivity index (χ0v) is 16.2. The lowest BCUT2D eigenvalue weighted by Crippen LogP contribution is -2.70. The van der Waals surface area contributed by atoms with Gasteiger partial charge in [-0.05, 0) is 44.9 Å². The van der Waals surface area contributed by atoms with Crippen LogP contribution in [0.1, 0.15) is 53.4 Å². The molecule has 4 saturated heterocycles. The molecule has 3 N–H and O–H groups in total. The van der Waals surface area contributed by atoms with E-state index in [2.05, 4.69) is 13.8 Å². The molecule has 0 aromatic rings. The van der Waals surface area contributed by atoms with Gasteiger partial charge in [-0.2, -0.15) is 0 Å². The Morgan fingerprint density at radius 1 is 1.19 bits per heavy atom. The molecule has 5 rings (SSSR count). The molecule has 3 unspecified atom stereocenters. The molecule has 7 nitrogen and oxygen atoms in total. The fourth-order valence-electron chi connectivity index (χ4n) is 5.41. The molecule has 1 saturated carbocycles. The Morgan fingerprint density at radius 2 is 1.96 bits per heavy atom. The van der Waals surface area contributed by atoms with Gasteiger partial charge in [0.15, 0.2) is 18.2 Å². The van der Waals surface area contributed by atoms with E-state index in [0.717, 1.165) is 25.7 Å². The van der Waals surface area contributed by atoms with Crippen molar-refractivity contribution in [1.29, 1.82) is 0 Å². The molecular weight excluding hydrogens is 338 g/mol. The maximum absolute atomic E-state index is 10.00. The van der Waals surface area contributed by atoms with Crippen molar-refractivity contribution in [3.8, 4) is 0 Å². The summed E-state index contributed by atoms with van der Waals surface area (Å²) in [6.45, 7) is 8.25. The maximum atomic E-state index is 10.00. The first-order valence-corrected chi connectivity index (χ1v) is 10.0. The first-order valence-electron chi connectivity index (χ1n) is 10.0. The number of ether oxygens (including phenoxy) is 3. The first kappa shape index (κ1) is 19.1. The van der Waals surface area contributed by atoms with Crippen LogP contribution in [0, 0.1) is 23.7 Å². The second kappa shape index (κ2) is 6.65. The van der Waals surface area contributed by atoms with E-state index in [0.29, 0.717) is 11.8 Å². The van der Waals surface area contributed by atoms with Crippen LogP contribution in [-0.4, -0.2) is 47.8 Å². The van der Waals surface area contributed by atoms with Crippen molar-refractivity contribution in [1.82, 2.24) is 0 Å². The highest BCUT2D eigenvalue weighted by molar-refractivity contribution is 5.09. The van der Waals surface area contributed by atoms with Gasteiger partial charge in [-0.15, -0.1) is 0 Å². The normalized spacial score (nSPS) is 52.8. The SMILES string of the molecule is CC(N)C(O)COC1O[C@@H]2O[C@]3(C)CC[C@H]4[C@H](C)CC[C@@H]([C@H]1C)[C@@]24OO3. The van der Waals surface area contributed by atoms with Gasteiger partial charge in [0.05, 0.1) is 12.7 Å². The third-order valence-corrected chi connectivity index (χ3v) is 7.14. The quantitative estimate of drug-likeness (QED) is 0.729. The number of hydrogen-bond acceptors (Lipinski definition) is 7. The minimum atomic E-state index is -0.784. The molecule has 5 fully saturated rings. The van der Waals surface area contributed by atoms with Crippen LogP contribution < -0.4 is 5.73 Å². The van der Waals surface area contributed by atoms with Gasteiger partial charge in [-0.3, -0.25) is 0 Å². The summed E-state index contributed by atoms with van der Waals surface area (Å²) in [7, 11) is 0. The molecular formula is C19H33NO6. The molecule has 4 aliphatic heterocycles. The van der Waals surface area contributed by atoms with Crippen LogP contribution in [0.15, 0.2) is 0 Å². The van der Waals surface area contributed by atoms with E-state index in [9.17, 15) is 5.11 Å². The standard InChI is InChI=1S/C19H33NO6/c1-10-5-6-14-11(2)16(22-9-15(21)12(3)20)23-17-19(14)13(10)7-8-18(4,24-17)25-26-19/h10-17,21H,5-9,20H2,1-4H3/t10-,11-,12?,13+,14+,15?,16?,17-,18+,19-/m1/s1. The fraction of sp³-hybridized carbons (Fsp3) is 1.00. The highest BCUT2D eigenvalue weighted by Gasteiger charge is 2.69. The second-order valence-electron chi connectivity index (χ2n) is 9.03. The summed E-state index contributed by atoms with van der Waals surface area (Å²) in [5, 5.41) is 10.00. The predicted molar refractivity (Wildman–Crippen MR) is 92.4 cm³/mol. The van der Waals surface area contributed by atoms with Crippen molar-refractivity contribution in [2.75, 3.05) is 6.61 Å². The fourth-order valence-corrected chi connectivity index (χ4v) is 5.41. The van der Waals surface area contributed by atoms with E-state index in [1.165, 1.54) is 0 Å². The Labute approximate surface area is 155 Å². The third-order valence-electron chi connectivity index (χ3n) is 7.14. The lowest BCUT2D eigenvalue weighted by atomic mass is 9.58. The van der Waals surface area contributed by atoms with Crippen molar-refractivity contribution in [2.45, 2.75) is 89.5 Å². The molecule has 0 radical (unpaired) electrons. The van der Waals surface area contributed by atoms with Crippen LogP contribution in [0.3, 0.4) is 0 Å². The molecule has 7 heteroatoms. The average Bonchev–Trinajstić information content (AvgIpc) is 2.82. The van der Waals surface area contributed by atoms with Crippen molar-refractivity contribution < 1.29 is 29.1 Å². The summed E-state index contributed by atoms with van der Waals surface area (Å²) in [6.07, 6.45) is 2.29. The van der Waals surface area contributed by atoms with Gasteiger partial charge in [0.2, 0.25) is 5.79 Å². The van der Waals surface area contributed by atoms with Crippen molar-refractivity contribution in [3.05, 3.63) is 0 Å². The molecule has 0 aromatic heterocycles. The van der Waals surface area contributed by atoms with Crippen LogP contribution in [0.4, 0.5) is 0 Å². The predicted octanol–water partition coefficient (Wildman–Crippen LogP) is 1.92. The lowest BCUT2D eigenvalue weighted by molar-refractivity contribution is -0.577. The first-order chi connectivity index (χ1) is 12.3. The minimum Gasteiger partial charge on any atom is -0.389 e. The molecule has 0 aromatic carbocycles. The van der Waals surface area contributed by atoms with Gasteiger partial charge in [-0.25, -0.2) is 9.78 Å². The number of aliphatic hydroxyl groups excluding tert-OH is 1. The summed E-state index contributed by atoms with van der Waals surface area (Å²) >= 11 is 0. The van der Waals surface area contributed by atoms with E-state index >= 15 is 0 Å². The Balaban J connectivity index is 1.60. The van der Waals surface area contributed by atoms with Crippen molar-refractivity contribution in [2.24, 2.45) is 29.4 Å². The average molecular weight is 371 g/mol. The van der Waals surface area contributed by atoms with Crippen LogP contribution in [-0.2, 0) is 24.0 Å². The molecule has 4 heterocycles. The molecule has 150 valence electrons. The Morgan fingerprint density at radius 3 is 2.69 bits per heavy atom. The van der Waals surface area contributed by atoms with Gasteiger partial charge in [0.25, 0.3) is 0 Å². The number of fused-ring (bicyclic) bond motifs is 2. The highest BCUT2D eigenvalue weighted by Crippen LogP contribution is 2.60. The Kier molecular flexibility index (Phi) is 4.88. The summed E-state index contributed by atoms with van der Waals surface area (Å²) < 4.78 is 18.5. The summed E-state index contributed by atoms with van der Waals surface area (Å²) in [6, 6.07) is -0.346. The monoisotopic (exact) mass is 371 g/mol. The van der Waals surface area contributed by atoms with E-state index in [1.54, 1.807) is 6.92 Å². The van der Waals surface area contributed by atoms with Crippen molar-refractivity contribution in [3.63, 3.8) is 0 Å². The van der Waals surface area contributed by atoms with Gasteiger partial charge < -0.3 is 25.1 Å². The third kappa shape index (κ3) is 2.83. The zero-order chi connectivity index (χ0) is 18.7. The smallest absolute Gasteiger partial charge is 0.201 e. The van der Waals surface area contributed by atoms with E-state index in [4.69, 9.17) is 29.7 Å². The van der Waals surface area contributed by atoms with Gasteiger partial charge >= 0.3 is 0 Å². The molecule has 1 aliphatic carbocycles. The zero-order valence-electron chi connectivity index (χ0n) is 16.2. The van der Waals surface area contributed by atoms with Crippen LogP contribution >= 0.6 is 0 Å². The Hall–Kier alpha value is -0.280. The van der Waals surface area contributed by atoms with Crippen molar-refractivity contribution >= 4 is 0 Å². The van der Waals surface area contributed by atoms with Gasteiger partial charge in [0, 0.05) is 24.3 Å². The molecule has 5 aliphatic rings. The van der Waals surface area contributed by atoms with E-state index in [-0.39, 0.29) is 24.5 Å². The lowest BCUT2D eigenvalue weighted by Gasteiger charge is -2.60. The van der Waals surface area contributed by atoms with Gasteiger partial charge in [0.1, 0.15) is 0 Å². The van der Waals surface area contributed by atoms with Crippen LogP contribution in [0.2, 0.25) is 0 Å². The Bertz CT molecular complexity index is 532. The maximum Gasteiger partial charge on any atom is 0.201 e. The minimum absolute atomic E-state index is 0.108. The van der Waals surface area contributed by atoms with Crippen LogP contribution in [0.5, 0.6) is 0 Å². The number of rotatable bonds is 4. The summed E-state index contributed by atoms with van der Waals surface area (Å²) in [4.78, 5) is 11.9. The highest BCUT2D eigenvalue weighted by atomic mass is 17.3. The topological polar surface area (TPSA) is 92.4 Å². The van der Waals surface area contributed by atoms with E-state index < -0.39 is 30.1 Å². The summed E-state index contributed by atoms with van der Waals surface area (Å²) in [5.74, 6) is 0.426.